The molecule has 0 saturated heterocycles. The van der Waals surface area contributed by atoms with Crippen molar-refractivity contribution in [1.82, 2.24) is 14.9 Å². The van der Waals surface area contributed by atoms with E-state index in [9.17, 15) is 4.79 Å². The Morgan fingerprint density at radius 1 is 1.53 bits per heavy atom. The van der Waals surface area contributed by atoms with Gasteiger partial charge in [-0.3, -0.25) is 4.79 Å². The first-order valence-corrected chi connectivity index (χ1v) is 7.21. The van der Waals surface area contributed by atoms with Gasteiger partial charge in [0.25, 0.3) is 0 Å². The molecule has 1 amide bonds. The molecular weight excluding hydrogens is 262 g/mol. The maximum atomic E-state index is 10.9. The second-order valence-electron chi connectivity index (χ2n) is 4.09. The summed E-state index contributed by atoms with van der Waals surface area (Å²) in [6.07, 6.45) is 1.99. The van der Waals surface area contributed by atoms with Gasteiger partial charge in [0.15, 0.2) is 5.16 Å². The van der Waals surface area contributed by atoms with E-state index in [0.717, 1.165) is 21.9 Å². The zero-order valence-corrected chi connectivity index (χ0v) is 12.1. The lowest BCUT2D eigenvalue weighted by molar-refractivity contribution is -0.118. The first-order valence-electron chi connectivity index (χ1n) is 5.98. The number of nitrogens with one attached hydrogen (secondary N) is 1. The third-order valence-corrected chi connectivity index (χ3v) is 3.49. The number of carbonyl (C=O) groups excluding carboxylic acids is 1. The Labute approximate surface area is 116 Å². The molecule has 102 valence electrons. The SMILES string of the molecule is COc1ccc2nc(SC)n(CCNC(C)=O)c2c1. The minimum absolute atomic E-state index is 0.0206. The Morgan fingerprint density at radius 2 is 2.32 bits per heavy atom. The molecular formula is C13H17N3O2S. The summed E-state index contributed by atoms with van der Waals surface area (Å²) in [6, 6.07) is 5.82. The number of aromatic nitrogens is 2. The van der Waals surface area contributed by atoms with Crippen molar-refractivity contribution in [2.45, 2.75) is 18.6 Å². The van der Waals surface area contributed by atoms with Crippen LogP contribution in [0.2, 0.25) is 0 Å². The molecule has 19 heavy (non-hydrogen) atoms. The molecule has 2 rings (SSSR count). The van der Waals surface area contributed by atoms with Gasteiger partial charge >= 0.3 is 0 Å². The molecule has 1 aromatic carbocycles. The van der Waals surface area contributed by atoms with E-state index in [1.165, 1.54) is 6.92 Å². The quantitative estimate of drug-likeness (QED) is 0.849. The number of hydrogen-bond donors (Lipinski definition) is 1. The van der Waals surface area contributed by atoms with E-state index >= 15 is 0 Å². The largest absolute Gasteiger partial charge is 0.497 e. The summed E-state index contributed by atoms with van der Waals surface area (Å²) < 4.78 is 7.34. The van der Waals surface area contributed by atoms with Gasteiger partial charge in [-0.05, 0) is 18.4 Å². The molecule has 0 saturated carbocycles. The Morgan fingerprint density at radius 3 is 2.95 bits per heavy atom. The minimum Gasteiger partial charge on any atom is -0.497 e. The van der Waals surface area contributed by atoms with E-state index in [0.29, 0.717) is 13.1 Å². The lowest BCUT2D eigenvalue weighted by Gasteiger charge is -2.08. The molecule has 1 aromatic heterocycles. The summed E-state index contributed by atoms with van der Waals surface area (Å²) >= 11 is 1.59. The van der Waals surface area contributed by atoms with Crippen molar-refractivity contribution in [3.63, 3.8) is 0 Å². The van der Waals surface area contributed by atoms with Crippen LogP contribution in [0.1, 0.15) is 6.92 Å². The van der Waals surface area contributed by atoms with Crippen molar-refractivity contribution in [1.29, 1.82) is 0 Å². The van der Waals surface area contributed by atoms with E-state index in [1.807, 2.05) is 24.5 Å². The highest BCUT2D eigenvalue weighted by molar-refractivity contribution is 7.98. The first kappa shape index (κ1) is 13.7. The standard InChI is InChI=1S/C13H17N3O2S/c1-9(17)14-6-7-16-12-8-10(18-2)4-5-11(12)15-13(16)19-3/h4-5,8H,6-7H2,1-3H3,(H,14,17). The summed E-state index contributed by atoms with van der Waals surface area (Å²) in [6.45, 7) is 2.80. The van der Waals surface area contributed by atoms with Gasteiger partial charge in [0.1, 0.15) is 5.75 Å². The van der Waals surface area contributed by atoms with Gasteiger partial charge in [-0.25, -0.2) is 4.98 Å². The van der Waals surface area contributed by atoms with Crippen LogP contribution in [0.4, 0.5) is 0 Å². The number of fused-ring (bicyclic) bond motifs is 1. The molecule has 2 aromatic rings. The Bertz CT molecular complexity index is 595. The van der Waals surface area contributed by atoms with E-state index in [-0.39, 0.29) is 5.91 Å². The monoisotopic (exact) mass is 279 g/mol. The van der Waals surface area contributed by atoms with Crippen molar-refractivity contribution in [2.75, 3.05) is 19.9 Å². The number of amides is 1. The highest BCUT2D eigenvalue weighted by Gasteiger charge is 2.10. The number of thioether (sulfide) groups is 1. The minimum atomic E-state index is -0.0206. The maximum Gasteiger partial charge on any atom is 0.216 e. The number of imidazole rings is 1. The first-order chi connectivity index (χ1) is 9.15. The molecule has 0 radical (unpaired) electrons. The number of methoxy groups -OCH3 is 1. The topological polar surface area (TPSA) is 56.1 Å². The molecule has 0 aliphatic carbocycles. The van der Waals surface area contributed by atoms with Gasteiger partial charge in [0.05, 0.1) is 18.1 Å². The second kappa shape index (κ2) is 5.97. The van der Waals surface area contributed by atoms with Crippen LogP contribution in [0, 0.1) is 0 Å². The molecule has 0 unspecified atom stereocenters. The fourth-order valence-corrected chi connectivity index (χ4v) is 2.52. The second-order valence-corrected chi connectivity index (χ2v) is 4.86. The molecule has 0 spiro atoms. The van der Waals surface area contributed by atoms with E-state index in [1.54, 1.807) is 18.9 Å². The Kier molecular flexibility index (Phi) is 4.31. The molecule has 0 aliphatic rings. The van der Waals surface area contributed by atoms with E-state index in [2.05, 4.69) is 14.9 Å². The predicted octanol–water partition coefficient (Wildman–Crippen LogP) is 1.90. The summed E-state index contributed by atoms with van der Waals surface area (Å²) in [4.78, 5) is 15.5. The van der Waals surface area contributed by atoms with Gasteiger partial charge in [0.2, 0.25) is 5.91 Å². The Balaban J connectivity index is 2.34. The van der Waals surface area contributed by atoms with Crippen LogP contribution in [0.5, 0.6) is 5.75 Å². The lowest BCUT2D eigenvalue weighted by Crippen LogP contribution is -2.24. The van der Waals surface area contributed by atoms with Crippen LogP contribution >= 0.6 is 11.8 Å². The number of rotatable bonds is 5. The summed E-state index contributed by atoms with van der Waals surface area (Å²) in [7, 11) is 1.65. The third kappa shape index (κ3) is 3.01. The molecule has 0 bridgehead atoms. The maximum absolute atomic E-state index is 10.9. The number of benzene rings is 1. The van der Waals surface area contributed by atoms with Crippen LogP contribution in [0.3, 0.4) is 0 Å². The number of hydrogen-bond acceptors (Lipinski definition) is 4. The van der Waals surface area contributed by atoms with Gasteiger partial charge < -0.3 is 14.6 Å². The number of ether oxygens (including phenoxy) is 1. The highest BCUT2D eigenvalue weighted by Crippen LogP contribution is 2.25. The zero-order chi connectivity index (χ0) is 13.8. The zero-order valence-electron chi connectivity index (χ0n) is 11.3. The van der Waals surface area contributed by atoms with Crippen LogP contribution in [-0.2, 0) is 11.3 Å². The molecule has 0 fully saturated rings. The molecule has 1 heterocycles. The molecule has 0 atom stereocenters. The fourth-order valence-electron chi connectivity index (χ4n) is 1.92. The summed E-state index contributed by atoms with van der Waals surface area (Å²) in [5.74, 6) is 0.786. The van der Waals surface area contributed by atoms with Crippen LogP contribution in [0.15, 0.2) is 23.4 Å². The lowest BCUT2D eigenvalue weighted by atomic mass is 10.3. The van der Waals surface area contributed by atoms with E-state index in [4.69, 9.17) is 4.74 Å². The van der Waals surface area contributed by atoms with Gasteiger partial charge in [-0.1, -0.05) is 11.8 Å². The Hall–Kier alpha value is -1.69. The van der Waals surface area contributed by atoms with Crippen molar-refractivity contribution in [3.8, 4) is 5.75 Å². The highest BCUT2D eigenvalue weighted by atomic mass is 32.2. The summed E-state index contributed by atoms with van der Waals surface area (Å²) in [5.41, 5.74) is 1.96. The van der Waals surface area contributed by atoms with Crippen molar-refractivity contribution in [2.24, 2.45) is 0 Å². The number of carbonyl (C=O) groups is 1. The predicted molar refractivity (Wildman–Crippen MR) is 76.7 cm³/mol. The number of nitrogens with zero attached hydrogens (tertiary/aromatic N) is 2. The van der Waals surface area contributed by atoms with Gasteiger partial charge in [-0.15, -0.1) is 0 Å². The molecule has 1 N–H and O–H groups in total. The van der Waals surface area contributed by atoms with Crippen LogP contribution in [0.25, 0.3) is 11.0 Å². The van der Waals surface area contributed by atoms with E-state index < -0.39 is 0 Å². The fraction of sp³-hybridized carbons (Fsp3) is 0.385. The molecule has 6 heteroatoms. The van der Waals surface area contributed by atoms with Crippen LogP contribution in [-0.4, -0.2) is 35.4 Å². The summed E-state index contributed by atoms with van der Waals surface area (Å²) in [5, 5.41) is 3.74. The van der Waals surface area contributed by atoms with Crippen molar-refractivity contribution in [3.05, 3.63) is 18.2 Å². The molecule has 5 nitrogen and oxygen atoms in total. The van der Waals surface area contributed by atoms with Gasteiger partial charge in [-0.2, -0.15) is 0 Å². The third-order valence-electron chi connectivity index (χ3n) is 2.81. The van der Waals surface area contributed by atoms with Crippen LogP contribution < -0.4 is 10.1 Å². The van der Waals surface area contributed by atoms with Gasteiger partial charge in [0, 0.05) is 26.1 Å². The average Bonchev–Trinajstić information content (AvgIpc) is 2.75. The average molecular weight is 279 g/mol. The van der Waals surface area contributed by atoms with Crippen molar-refractivity contribution < 1.29 is 9.53 Å². The molecule has 0 aliphatic heterocycles. The normalized spacial score (nSPS) is 10.7. The smallest absolute Gasteiger partial charge is 0.216 e. The van der Waals surface area contributed by atoms with Crippen molar-refractivity contribution >= 4 is 28.7 Å².